The van der Waals surface area contributed by atoms with Crippen LogP contribution >= 0.6 is 0 Å². The Morgan fingerprint density at radius 3 is 2.60 bits per heavy atom. The zero-order chi connectivity index (χ0) is 14.4. The third-order valence-electron chi connectivity index (χ3n) is 5.25. The monoisotopic (exact) mass is 282 g/mol. The molecule has 112 valence electrons. The van der Waals surface area contributed by atoms with Crippen LogP contribution in [0.3, 0.4) is 0 Å². The molecule has 0 aromatic heterocycles. The molecule has 1 aliphatic carbocycles. The van der Waals surface area contributed by atoms with Gasteiger partial charge in [-0.1, -0.05) is 0 Å². The van der Waals surface area contributed by atoms with Crippen molar-refractivity contribution < 1.29 is 24.4 Å². The van der Waals surface area contributed by atoms with Gasteiger partial charge in [-0.3, -0.25) is 0 Å². The lowest BCUT2D eigenvalue weighted by Crippen LogP contribution is -2.39. The Kier molecular flexibility index (Phi) is 2.29. The maximum atomic E-state index is 10.9. The van der Waals surface area contributed by atoms with Crippen LogP contribution in [0, 0.1) is 0 Å². The number of hydrogen-bond acceptors (Lipinski definition) is 5. The minimum atomic E-state index is -1.42. The molecule has 0 aromatic carbocycles. The molecule has 0 aromatic rings. The lowest BCUT2D eigenvalue weighted by Gasteiger charge is -2.26. The van der Waals surface area contributed by atoms with Crippen LogP contribution in [0.15, 0.2) is 11.6 Å². The molecule has 0 bridgehead atoms. The van der Waals surface area contributed by atoms with Crippen LogP contribution in [0.1, 0.15) is 47.0 Å². The van der Waals surface area contributed by atoms with Crippen LogP contribution in [-0.2, 0) is 19.2 Å². The number of ether oxygens (including phenoxy) is 2. The second-order valence-corrected chi connectivity index (χ2v) is 7.53. The minimum Gasteiger partial charge on any atom is -0.366 e. The average Bonchev–Trinajstić information content (AvgIpc) is 3.15. The van der Waals surface area contributed by atoms with Gasteiger partial charge in [0.15, 0.2) is 0 Å². The normalized spacial score (nSPS) is 58.8. The molecule has 5 atom stereocenters. The maximum absolute atomic E-state index is 10.9. The highest BCUT2D eigenvalue weighted by atomic mass is 17.2. The standard InChI is InChI=1S/C15H22O5/c1-12(2)9-7-11-13(3,18-11)6-5-10-14(4,17-10)8-15(9,16)20-19-12/h7,10-11,16H,5-6,8H2,1-4H3/b9-7-/t10-,11+,13-,14?,15-/m0/s1. The van der Waals surface area contributed by atoms with Crippen LogP contribution in [0.2, 0.25) is 0 Å². The van der Waals surface area contributed by atoms with Gasteiger partial charge in [-0.05, 0) is 46.6 Å². The largest absolute Gasteiger partial charge is 0.366 e. The van der Waals surface area contributed by atoms with Gasteiger partial charge in [0.1, 0.15) is 11.7 Å². The molecule has 0 amide bonds. The summed E-state index contributed by atoms with van der Waals surface area (Å²) < 4.78 is 11.6. The summed E-state index contributed by atoms with van der Waals surface area (Å²) in [7, 11) is 0. The number of rotatable bonds is 0. The first-order valence-electron chi connectivity index (χ1n) is 7.35. The summed E-state index contributed by atoms with van der Waals surface area (Å²) in [6, 6.07) is 0. The van der Waals surface area contributed by atoms with Gasteiger partial charge in [-0.15, -0.1) is 0 Å². The molecule has 0 saturated carbocycles. The van der Waals surface area contributed by atoms with Crippen LogP contribution in [0.25, 0.3) is 0 Å². The quantitative estimate of drug-likeness (QED) is 0.417. The minimum absolute atomic E-state index is 0.0247. The zero-order valence-electron chi connectivity index (χ0n) is 12.4. The summed E-state index contributed by atoms with van der Waals surface area (Å²) in [5.41, 5.74) is -0.385. The van der Waals surface area contributed by atoms with Gasteiger partial charge in [0, 0.05) is 12.0 Å². The highest BCUT2D eigenvalue weighted by Gasteiger charge is 2.64. The van der Waals surface area contributed by atoms with E-state index in [1.165, 1.54) is 0 Å². The first-order chi connectivity index (χ1) is 9.17. The van der Waals surface area contributed by atoms with Gasteiger partial charge in [0.2, 0.25) is 5.79 Å². The van der Waals surface area contributed by atoms with Crippen LogP contribution in [0.4, 0.5) is 0 Å². The maximum Gasteiger partial charge on any atom is 0.227 e. The van der Waals surface area contributed by atoms with E-state index >= 15 is 0 Å². The molecule has 5 nitrogen and oxygen atoms in total. The first-order valence-corrected chi connectivity index (χ1v) is 7.35. The van der Waals surface area contributed by atoms with E-state index in [2.05, 4.69) is 6.92 Å². The van der Waals surface area contributed by atoms with Crippen LogP contribution < -0.4 is 0 Å². The van der Waals surface area contributed by atoms with Gasteiger partial charge in [0.25, 0.3) is 0 Å². The molecule has 4 aliphatic rings. The fraction of sp³-hybridized carbons (Fsp3) is 0.867. The van der Waals surface area contributed by atoms with Gasteiger partial charge in [0.05, 0.1) is 17.3 Å². The summed E-state index contributed by atoms with van der Waals surface area (Å²) >= 11 is 0. The van der Waals surface area contributed by atoms with E-state index in [0.29, 0.717) is 6.42 Å². The number of aliphatic hydroxyl groups is 1. The fourth-order valence-electron chi connectivity index (χ4n) is 3.71. The van der Waals surface area contributed by atoms with Gasteiger partial charge < -0.3 is 14.6 Å². The molecule has 1 N–H and O–H groups in total. The highest BCUT2D eigenvalue weighted by molar-refractivity contribution is 5.32. The van der Waals surface area contributed by atoms with Crippen molar-refractivity contribution in [2.24, 2.45) is 0 Å². The predicted octanol–water partition coefficient (Wildman–Crippen LogP) is 1.84. The first kappa shape index (κ1) is 13.2. The Morgan fingerprint density at radius 2 is 1.85 bits per heavy atom. The molecule has 0 spiro atoms. The third kappa shape index (κ3) is 1.74. The molecule has 3 saturated heterocycles. The second-order valence-electron chi connectivity index (χ2n) is 7.53. The second kappa shape index (κ2) is 3.47. The summed E-state index contributed by atoms with van der Waals surface area (Å²) in [6.07, 6.45) is 4.49. The predicted molar refractivity (Wildman–Crippen MR) is 69.7 cm³/mol. The summed E-state index contributed by atoms with van der Waals surface area (Å²) in [6.45, 7) is 7.93. The SMILES string of the molecule is CC1(C)OO[C@@]2(O)CC3(C)O[C@H]3CC[C@]3(C)O[C@@H]3/C=C/12. The van der Waals surface area contributed by atoms with Crippen molar-refractivity contribution in [2.75, 3.05) is 0 Å². The van der Waals surface area contributed by atoms with Crippen molar-refractivity contribution in [3.8, 4) is 0 Å². The van der Waals surface area contributed by atoms with Crippen molar-refractivity contribution in [1.29, 1.82) is 0 Å². The molecule has 3 aliphatic heterocycles. The molecule has 3 heterocycles. The molecule has 0 radical (unpaired) electrons. The Hall–Kier alpha value is -0.460. The Labute approximate surface area is 118 Å². The molecule has 1 unspecified atom stereocenters. The molecule has 4 rings (SSSR count). The Morgan fingerprint density at radius 1 is 1.10 bits per heavy atom. The lowest BCUT2D eigenvalue weighted by atomic mass is 9.81. The lowest BCUT2D eigenvalue weighted by molar-refractivity contribution is -0.391. The third-order valence-corrected chi connectivity index (χ3v) is 5.25. The van der Waals surface area contributed by atoms with Gasteiger partial charge in [-0.2, -0.15) is 4.89 Å². The zero-order valence-corrected chi connectivity index (χ0v) is 12.4. The highest BCUT2D eigenvalue weighted by Crippen LogP contribution is 2.55. The van der Waals surface area contributed by atoms with Crippen LogP contribution in [-0.4, -0.2) is 39.9 Å². The topological polar surface area (TPSA) is 63.8 Å². The molecule has 5 heteroatoms. The molecule has 3 fully saturated rings. The molecule has 20 heavy (non-hydrogen) atoms. The van der Waals surface area contributed by atoms with E-state index in [9.17, 15) is 5.11 Å². The van der Waals surface area contributed by atoms with Crippen molar-refractivity contribution in [1.82, 2.24) is 0 Å². The van der Waals surface area contributed by atoms with E-state index < -0.39 is 11.4 Å². The van der Waals surface area contributed by atoms with Crippen LogP contribution in [0.5, 0.6) is 0 Å². The molecular weight excluding hydrogens is 260 g/mol. The van der Waals surface area contributed by atoms with E-state index in [1.807, 2.05) is 26.8 Å². The van der Waals surface area contributed by atoms with Gasteiger partial charge in [-0.25, -0.2) is 4.89 Å². The van der Waals surface area contributed by atoms with E-state index in [0.717, 1.165) is 18.4 Å². The fourth-order valence-corrected chi connectivity index (χ4v) is 3.71. The number of fused-ring (bicyclic) bond motifs is 3. The van der Waals surface area contributed by atoms with E-state index in [4.69, 9.17) is 19.2 Å². The van der Waals surface area contributed by atoms with Gasteiger partial charge >= 0.3 is 0 Å². The van der Waals surface area contributed by atoms with Crippen molar-refractivity contribution >= 4 is 0 Å². The van der Waals surface area contributed by atoms with Crippen molar-refractivity contribution in [2.45, 2.75) is 81.8 Å². The van der Waals surface area contributed by atoms with E-state index in [1.54, 1.807) is 0 Å². The summed E-state index contributed by atoms with van der Waals surface area (Å²) in [4.78, 5) is 10.7. The smallest absolute Gasteiger partial charge is 0.227 e. The summed E-state index contributed by atoms with van der Waals surface area (Å²) in [5, 5.41) is 10.9. The van der Waals surface area contributed by atoms with E-state index in [-0.39, 0.29) is 23.4 Å². The molecular formula is C15H22O5. The average molecular weight is 282 g/mol. The number of epoxide rings is 2. The Bertz CT molecular complexity index is 500. The van der Waals surface area contributed by atoms with Crippen molar-refractivity contribution in [3.63, 3.8) is 0 Å². The Balaban J connectivity index is 1.75. The van der Waals surface area contributed by atoms with Crippen molar-refractivity contribution in [3.05, 3.63) is 11.6 Å². The summed E-state index contributed by atoms with van der Waals surface area (Å²) in [5.74, 6) is -1.42. The number of hydrogen-bond donors (Lipinski definition) is 1.